The molecule has 0 bridgehead atoms. The third kappa shape index (κ3) is 1.15. The Hall–Kier alpha value is -1.55. The number of aryl methyl sites for hydroxylation is 1. The van der Waals surface area contributed by atoms with Gasteiger partial charge in [0.1, 0.15) is 10.8 Å². The lowest BCUT2D eigenvalue weighted by Crippen LogP contribution is -2.25. The molecule has 2 aromatic heterocycles. The summed E-state index contributed by atoms with van der Waals surface area (Å²) in [5.74, 6) is -1.27. The van der Waals surface area contributed by atoms with Crippen LogP contribution in [0.1, 0.15) is 16.2 Å². The van der Waals surface area contributed by atoms with Crippen molar-refractivity contribution in [3.63, 3.8) is 0 Å². The Morgan fingerprint density at radius 1 is 1.57 bits per heavy atom. The van der Waals surface area contributed by atoms with E-state index in [-0.39, 0.29) is 5.69 Å². The standard InChI is InChI=1S/C9H7ClN2O2/c1-5-8(9(13)14)12-6(10)3-2-4-7(12)11-5/h2-4H,1H3,(H,13,14)/p-1. The molecule has 2 heterocycles. The SMILES string of the molecule is Cc1nc2cccc(Cl)n2c1C(=O)[O-]. The summed E-state index contributed by atoms with van der Waals surface area (Å²) in [6.45, 7) is 1.61. The van der Waals surface area contributed by atoms with Crippen molar-refractivity contribution in [2.75, 3.05) is 0 Å². The van der Waals surface area contributed by atoms with Crippen molar-refractivity contribution in [2.24, 2.45) is 0 Å². The Kier molecular flexibility index (Phi) is 1.93. The van der Waals surface area contributed by atoms with Crippen LogP contribution in [-0.4, -0.2) is 15.4 Å². The monoisotopic (exact) mass is 209 g/mol. The summed E-state index contributed by atoms with van der Waals surface area (Å²) < 4.78 is 1.35. The van der Waals surface area contributed by atoms with E-state index in [1.807, 2.05) is 0 Å². The van der Waals surface area contributed by atoms with Gasteiger partial charge in [0.05, 0.1) is 17.4 Å². The molecule has 0 saturated heterocycles. The molecular weight excluding hydrogens is 204 g/mol. The smallest absolute Gasteiger partial charge is 0.138 e. The first-order valence-electron chi connectivity index (χ1n) is 3.96. The third-order valence-corrected chi connectivity index (χ3v) is 2.26. The summed E-state index contributed by atoms with van der Waals surface area (Å²) in [4.78, 5) is 14.9. The summed E-state index contributed by atoms with van der Waals surface area (Å²) in [6.07, 6.45) is 0. The molecule has 0 aromatic carbocycles. The van der Waals surface area contributed by atoms with Crippen molar-refractivity contribution in [2.45, 2.75) is 6.92 Å². The molecule has 0 N–H and O–H groups in total. The number of halogens is 1. The molecule has 14 heavy (non-hydrogen) atoms. The van der Waals surface area contributed by atoms with Crippen molar-refractivity contribution < 1.29 is 9.90 Å². The van der Waals surface area contributed by atoms with E-state index in [1.165, 1.54) is 4.40 Å². The number of aromatic nitrogens is 2. The number of hydrogen-bond acceptors (Lipinski definition) is 3. The van der Waals surface area contributed by atoms with Gasteiger partial charge in [0, 0.05) is 0 Å². The van der Waals surface area contributed by atoms with Gasteiger partial charge in [-0.1, -0.05) is 17.7 Å². The maximum atomic E-state index is 10.8. The van der Waals surface area contributed by atoms with E-state index < -0.39 is 5.97 Å². The first kappa shape index (κ1) is 9.02. The summed E-state index contributed by atoms with van der Waals surface area (Å²) in [5.41, 5.74) is 0.915. The molecule has 0 saturated carbocycles. The molecule has 0 aliphatic heterocycles. The quantitative estimate of drug-likeness (QED) is 0.649. The maximum Gasteiger partial charge on any atom is 0.138 e. The number of nitrogens with zero attached hydrogens (tertiary/aromatic N) is 2. The van der Waals surface area contributed by atoms with Crippen LogP contribution in [0.15, 0.2) is 18.2 Å². The minimum Gasteiger partial charge on any atom is -0.543 e. The number of carbonyl (C=O) groups excluding carboxylic acids is 1. The fraction of sp³-hybridized carbons (Fsp3) is 0.111. The number of carboxylic acid groups (broad SMARTS) is 1. The summed E-state index contributed by atoms with van der Waals surface area (Å²) in [6, 6.07) is 5.00. The molecule has 0 aliphatic rings. The second-order valence-electron chi connectivity index (χ2n) is 2.88. The number of hydrogen-bond donors (Lipinski definition) is 0. The molecule has 0 aliphatic carbocycles. The Morgan fingerprint density at radius 2 is 2.29 bits per heavy atom. The van der Waals surface area contributed by atoms with E-state index in [2.05, 4.69) is 4.98 Å². The molecule has 0 amide bonds. The predicted octanol–water partition coefficient (Wildman–Crippen LogP) is 0.660. The van der Waals surface area contributed by atoms with Crippen LogP contribution in [0.4, 0.5) is 0 Å². The molecule has 72 valence electrons. The highest BCUT2D eigenvalue weighted by molar-refractivity contribution is 6.30. The van der Waals surface area contributed by atoms with Gasteiger partial charge in [0.2, 0.25) is 0 Å². The van der Waals surface area contributed by atoms with Gasteiger partial charge in [-0.2, -0.15) is 0 Å². The molecule has 5 heteroatoms. The van der Waals surface area contributed by atoms with E-state index in [4.69, 9.17) is 11.6 Å². The van der Waals surface area contributed by atoms with E-state index >= 15 is 0 Å². The number of pyridine rings is 1. The zero-order valence-corrected chi connectivity index (χ0v) is 8.08. The average molecular weight is 210 g/mol. The van der Waals surface area contributed by atoms with Gasteiger partial charge in [0.25, 0.3) is 0 Å². The van der Waals surface area contributed by atoms with E-state index in [0.717, 1.165) is 0 Å². The largest absolute Gasteiger partial charge is 0.543 e. The minimum absolute atomic E-state index is 0.00519. The zero-order chi connectivity index (χ0) is 10.3. The van der Waals surface area contributed by atoms with Crippen molar-refractivity contribution in [1.29, 1.82) is 0 Å². The molecule has 4 nitrogen and oxygen atoms in total. The molecule has 0 radical (unpaired) electrons. The normalized spacial score (nSPS) is 10.7. The highest BCUT2D eigenvalue weighted by Crippen LogP contribution is 2.17. The average Bonchev–Trinajstić information content (AvgIpc) is 2.42. The van der Waals surface area contributed by atoms with E-state index in [9.17, 15) is 9.90 Å². The summed E-state index contributed by atoms with van der Waals surface area (Å²) in [7, 11) is 0. The van der Waals surface area contributed by atoms with Crippen LogP contribution in [0.5, 0.6) is 0 Å². The number of carbonyl (C=O) groups is 1. The third-order valence-electron chi connectivity index (χ3n) is 1.96. The van der Waals surface area contributed by atoms with Gasteiger partial charge in [-0.05, 0) is 19.1 Å². The molecule has 0 fully saturated rings. The fourth-order valence-electron chi connectivity index (χ4n) is 1.41. The summed E-state index contributed by atoms with van der Waals surface area (Å²) >= 11 is 5.85. The van der Waals surface area contributed by atoms with Crippen LogP contribution in [0.3, 0.4) is 0 Å². The van der Waals surface area contributed by atoms with Crippen molar-refractivity contribution in [3.8, 4) is 0 Å². The van der Waals surface area contributed by atoms with Crippen molar-refractivity contribution >= 4 is 23.2 Å². The van der Waals surface area contributed by atoms with Crippen LogP contribution < -0.4 is 5.11 Å². The fourth-order valence-corrected chi connectivity index (χ4v) is 1.65. The Morgan fingerprint density at radius 3 is 2.93 bits per heavy atom. The molecule has 0 unspecified atom stereocenters. The zero-order valence-electron chi connectivity index (χ0n) is 7.32. The predicted molar refractivity (Wildman–Crippen MR) is 49.3 cm³/mol. The van der Waals surface area contributed by atoms with Gasteiger partial charge >= 0.3 is 0 Å². The molecule has 0 atom stereocenters. The molecular formula is C9H6ClN2O2-. The second kappa shape index (κ2) is 2.99. The lowest BCUT2D eigenvalue weighted by atomic mass is 10.3. The van der Waals surface area contributed by atoms with Gasteiger partial charge in [0.15, 0.2) is 0 Å². The highest BCUT2D eigenvalue weighted by Gasteiger charge is 2.10. The number of aromatic carboxylic acids is 1. The van der Waals surface area contributed by atoms with Crippen LogP contribution in [-0.2, 0) is 0 Å². The number of carboxylic acids is 1. The second-order valence-corrected chi connectivity index (χ2v) is 3.26. The van der Waals surface area contributed by atoms with Crippen LogP contribution in [0.2, 0.25) is 5.15 Å². The highest BCUT2D eigenvalue weighted by atomic mass is 35.5. The maximum absolute atomic E-state index is 10.8. The lowest BCUT2D eigenvalue weighted by molar-refractivity contribution is -0.255. The lowest BCUT2D eigenvalue weighted by Gasteiger charge is -2.04. The Labute approximate surface area is 84.8 Å². The molecule has 0 spiro atoms. The minimum atomic E-state index is -1.27. The van der Waals surface area contributed by atoms with Gasteiger partial charge in [-0.15, -0.1) is 0 Å². The molecule has 2 aromatic rings. The summed E-state index contributed by atoms with van der Waals surface area (Å²) in [5, 5.41) is 11.1. The van der Waals surface area contributed by atoms with Crippen molar-refractivity contribution in [3.05, 3.63) is 34.7 Å². The number of rotatable bonds is 1. The van der Waals surface area contributed by atoms with Gasteiger partial charge < -0.3 is 9.90 Å². The number of fused-ring (bicyclic) bond motifs is 1. The number of imidazole rings is 1. The van der Waals surface area contributed by atoms with Gasteiger partial charge in [-0.25, -0.2) is 4.98 Å². The molecule has 2 rings (SSSR count). The van der Waals surface area contributed by atoms with Crippen LogP contribution in [0, 0.1) is 6.92 Å². The van der Waals surface area contributed by atoms with Crippen LogP contribution >= 0.6 is 11.6 Å². The first-order valence-corrected chi connectivity index (χ1v) is 4.34. The Balaban J connectivity index is 2.93. The Bertz CT molecular complexity index is 519. The van der Waals surface area contributed by atoms with Crippen LogP contribution in [0.25, 0.3) is 5.65 Å². The first-order chi connectivity index (χ1) is 6.61. The van der Waals surface area contributed by atoms with Gasteiger partial charge in [-0.3, -0.25) is 4.40 Å². The van der Waals surface area contributed by atoms with E-state index in [0.29, 0.717) is 16.5 Å². The van der Waals surface area contributed by atoms with Crippen molar-refractivity contribution in [1.82, 2.24) is 9.38 Å². The van der Waals surface area contributed by atoms with E-state index in [1.54, 1.807) is 25.1 Å². The topological polar surface area (TPSA) is 57.4 Å².